The fourth-order valence-corrected chi connectivity index (χ4v) is 2.68. The molecule has 1 aliphatic heterocycles. The summed E-state index contributed by atoms with van der Waals surface area (Å²) in [4.78, 5) is 2.95. The molecule has 16 heavy (non-hydrogen) atoms. The lowest BCUT2D eigenvalue weighted by Crippen LogP contribution is -2.30. The molecule has 1 aliphatic rings. The van der Waals surface area contributed by atoms with Crippen LogP contribution >= 0.6 is 12.2 Å². The van der Waals surface area contributed by atoms with E-state index in [-0.39, 0.29) is 0 Å². The molecule has 0 amide bonds. The fourth-order valence-electron chi connectivity index (χ4n) is 2.51. The zero-order chi connectivity index (χ0) is 11.5. The predicted octanol–water partition coefficient (Wildman–Crippen LogP) is 2.70. The largest absolute Gasteiger partial charge is 0.389 e. The van der Waals surface area contributed by atoms with Gasteiger partial charge in [-0.05, 0) is 31.4 Å². The summed E-state index contributed by atoms with van der Waals surface area (Å²) in [6.07, 6.45) is 3.73. The predicted molar refractivity (Wildman–Crippen MR) is 73.0 cm³/mol. The molecule has 1 fully saturated rings. The monoisotopic (exact) mass is 234 g/mol. The van der Waals surface area contributed by atoms with E-state index in [1.807, 2.05) is 12.1 Å². The summed E-state index contributed by atoms with van der Waals surface area (Å²) in [5.74, 6) is 0. The molecule has 0 radical (unpaired) electrons. The minimum absolute atomic E-state index is 0.498. The number of rotatable bonds is 3. The third-order valence-electron chi connectivity index (χ3n) is 3.33. The molecule has 1 aromatic carbocycles. The van der Waals surface area contributed by atoms with Crippen molar-refractivity contribution < 1.29 is 0 Å². The first kappa shape index (κ1) is 11.4. The van der Waals surface area contributed by atoms with Gasteiger partial charge in [-0.3, -0.25) is 0 Å². The van der Waals surface area contributed by atoms with Crippen LogP contribution in [0.2, 0.25) is 0 Å². The first-order valence-corrected chi connectivity index (χ1v) is 6.30. The van der Waals surface area contributed by atoms with Crippen LogP contribution in [0, 0.1) is 0 Å². The molecule has 1 aromatic rings. The van der Waals surface area contributed by atoms with Crippen molar-refractivity contribution in [3.05, 3.63) is 29.8 Å². The molecule has 3 heteroatoms. The maximum Gasteiger partial charge on any atom is 0.106 e. The van der Waals surface area contributed by atoms with E-state index in [9.17, 15) is 0 Å². The highest BCUT2D eigenvalue weighted by Gasteiger charge is 2.24. The van der Waals surface area contributed by atoms with Gasteiger partial charge in [-0.1, -0.05) is 31.3 Å². The minimum Gasteiger partial charge on any atom is -0.389 e. The van der Waals surface area contributed by atoms with Crippen LogP contribution in [0.5, 0.6) is 0 Å². The highest BCUT2D eigenvalue weighted by molar-refractivity contribution is 7.80. The zero-order valence-electron chi connectivity index (χ0n) is 9.65. The normalized spacial score (nSPS) is 20.1. The first-order valence-electron chi connectivity index (χ1n) is 5.89. The zero-order valence-corrected chi connectivity index (χ0v) is 10.5. The van der Waals surface area contributed by atoms with E-state index in [2.05, 4.69) is 24.0 Å². The van der Waals surface area contributed by atoms with Crippen molar-refractivity contribution in [2.45, 2.75) is 32.2 Å². The molecule has 1 saturated heterocycles. The van der Waals surface area contributed by atoms with Crippen LogP contribution in [0.25, 0.3) is 0 Å². The van der Waals surface area contributed by atoms with Crippen LogP contribution in [-0.4, -0.2) is 17.6 Å². The fraction of sp³-hybridized carbons (Fsp3) is 0.462. The van der Waals surface area contributed by atoms with Crippen molar-refractivity contribution in [3.63, 3.8) is 0 Å². The van der Waals surface area contributed by atoms with E-state index in [0.29, 0.717) is 11.0 Å². The van der Waals surface area contributed by atoms with Crippen LogP contribution in [0.4, 0.5) is 5.69 Å². The molecule has 2 nitrogen and oxygen atoms in total. The Bertz CT molecular complexity index is 389. The molecule has 1 heterocycles. The summed E-state index contributed by atoms with van der Waals surface area (Å²) in [6.45, 7) is 3.37. The topological polar surface area (TPSA) is 29.3 Å². The molecule has 0 aromatic heterocycles. The lowest BCUT2D eigenvalue weighted by Gasteiger charge is -2.27. The van der Waals surface area contributed by atoms with Crippen LogP contribution in [0.15, 0.2) is 24.3 Å². The number of nitrogens with two attached hydrogens (primary N) is 1. The molecular weight excluding hydrogens is 216 g/mol. The van der Waals surface area contributed by atoms with Gasteiger partial charge in [0.1, 0.15) is 4.99 Å². The van der Waals surface area contributed by atoms with E-state index < -0.39 is 0 Å². The molecule has 2 rings (SSSR count). The van der Waals surface area contributed by atoms with Gasteiger partial charge < -0.3 is 10.6 Å². The van der Waals surface area contributed by atoms with E-state index in [0.717, 1.165) is 12.1 Å². The summed E-state index contributed by atoms with van der Waals surface area (Å²) in [7, 11) is 0. The second kappa shape index (κ2) is 4.83. The number of para-hydroxylation sites is 1. The quantitative estimate of drug-likeness (QED) is 0.815. The first-order chi connectivity index (χ1) is 7.74. The Morgan fingerprint density at radius 1 is 1.50 bits per heavy atom. The second-order valence-electron chi connectivity index (χ2n) is 4.28. The standard InChI is InChI=1S/C13H18N2S/c1-2-10-6-5-9-15(10)12-8-4-3-7-11(12)13(14)16/h3-4,7-8,10H,2,5-6,9H2,1H3,(H2,14,16). The summed E-state index contributed by atoms with van der Waals surface area (Å²) in [6, 6.07) is 8.85. The summed E-state index contributed by atoms with van der Waals surface area (Å²) >= 11 is 5.11. The number of hydrogen-bond acceptors (Lipinski definition) is 2. The molecule has 0 spiro atoms. The van der Waals surface area contributed by atoms with Gasteiger partial charge in [0, 0.05) is 23.8 Å². The highest BCUT2D eigenvalue weighted by atomic mass is 32.1. The summed E-state index contributed by atoms with van der Waals surface area (Å²) < 4.78 is 0. The van der Waals surface area contributed by atoms with Gasteiger partial charge >= 0.3 is 0 Å². The average molecular weight is 234 g/mol. The van der Waals surface area contributed by atoms with Crippen molar-refractivity contribution >= 4 is 22.9 Å². The summed E-state index contributed by atoms with van der Waals surface area (Å²) in [5, 5.41) is 0. The molecule has 0 saturated carbocycles. The van der Waals surface area contributed by atoms with Crippen LogP contribution in [0.3, 0.4) is 0 Å². The maximum absolute atomic E-state index is 5.77. The SMILES string of the molecule is CCC1CCCN1c1ccccc1C(N)=S. The van der Waals surface area contributed by atoms with Gasteiger partial charge in [0.05, 0.1) is 0 Å². The van der Waals surface area contributed by atoms with Crippen molar-refractivity contribution in [3.8, 4) is 0 Å². The molecule has 86 valence electrons. The Morgan fingerprint density at radius 2 is 2.25 bits per heavy atom. The van der Waals surface area contributed by atoms with Gasteiger partial charge in [-0.2, -0.15) is 0 Å². The molecule has 2 N–H and O–H groups in total. The van der Waals surface area contributed by atoms with Crippen LogP contribution in [-0.2, 0) is 0 Å². The van der Waals surface area contributed by atoms with Gasteiger partial charge in [0.25, 0.3) is 0 Å². The van der Waals surface area contributed by atoms with Gasteiger partial charge in [-0.15, -0.1) is 0 Å². The van der Waals surface area contributed by atoms with Crippen molar-refractivity contribution in [1.29, 1.82) is 0 Å². The Balaban J connectivity index is 2.35. The molecular formula is C13H18N2S. The third kappa shape index (κ3) is 2.05. The molecule has 0 bridgehead atoms. The molecule has 1 atom stereocenters. The number of benzene rings is 1. The van der Waals surface area contributed by atoms with E-state index >= 15 is 0 Å². The second-order valence-corrected chi connectivity index (χ2v) is 4.72. The molecule has 0 aliphatic carbocycles. The van der Waals surface area contributed by atoms with Crippen LogP contribution < -0.4 is 10.6 Å². The van der Waals surface area contributed by atoms with Gasteiger partial charge in [0.15, 0.2) is 0 Å². The number of thiocarbonyl (C=S) groups is 1. The number of anilines is 1. The van der Waals surface area contributed by atoms with Crippen molar-refractivity contribution in [2.75, 3.05) is 11.4 Å². The van der Waals surface area contributed by atoms with Crippen molar-refractivity contribution in [1.82, 2.24) is 0 Å². The van der Waals surface area contributed by atoms with Crippen LogP contribution in [0.1, 0.15) is 31.7 Å². The minimum atomic E-state index is 0.498. The Kier molecular flexibility index (Phi) is 3.44. The lowest BCUT2D eigenvalue weighted by atomic mass is 10.1. The summed E-state index contributed by atoms with van der Waals surface area (Å²) in [5.41, 5.74) is 7.99. The lowest BCUT2D eigenvalue weighted by molar-refractivity contribution is 0.645. The van der Waals surface area contributed by atoms with E-state index in [4.69, 9.17) is 18.0 Å². The van der Waals surface area contributed by atoms with Crippen molar-refractivity contribution in [2.24, 2.45) is 5.73 Å². The van der Waals surface area contributed by atoms with Gasteiger partial charge in [0.2, 0.25) is 0 Å². The smallest absolute Gasteiger partial charge is 0.106 e. The Hall–Kier alpha value is -1.09. The van der Waals surface area contributed by atoms with E-state index in [1.165, 1.54) is 24.9 Å². The Labute approximate surface area is 102 Å². The maximum atomic E-state index is 5.77. The molecule has 1 unspecified atom stereocenters. The average Bonchev–Trinajstić information content (AvgIpc) is 2.76. The van der Waals surface area contributed by atoms with E-state index in [1.54, 1.807) is 0 Å². The van der Waals surface area contributed by atoms with Gasteiger partial charge in [-0.25, -0.2) is 0 Å². The Morgan fingerprint density at radius 3 is 2.94 bits per heavy atom. The highest BCUT2D eigenvalue weighted by Crippen LogP contribution is 2.29. The third-order valence-corrected chi connectivity index (χ3v) is 3.55. The number of hydrogen-bond donors (Lipinski definition) is 1. The number of nitrogens with zero attached hydrogens (tertiary/aromatic N) is 1.